The van der Waals surface area contributed by atoms with E-state index in [9.17, 15) is 5.11 Å². The summed E-state index contributed by atoms with van der Waals surface area (Å²) in [6.07, 6.45) is 3.07. The first-order valence-corrected chi connectivity index (χ1v) is 6.65. The molecule has 4 aliphatic heterocycles. The molecule has 0 amide bonds. The normalized spacial score (nSPS) is 59.2. The van der Waals surface area contributed by atoms with Crippen LogP contribution in [-0.4, -0.2) is 53.4 Å². The van der Waals surface area contributed by atoms with Crippen LogP contribution in [-0.2, 0) is 0 Å². The van der Waals surface area contributed by atoms with Gasteiger partial charge in [0, 0.05) is 37.0 Å². The van der Waals surface area contributed by atoms with E-state index in [1.807, 2.05) is 0 Å². The van der Waals surface area contributed by atoms with Gasteiger partial charge in [-0.2, -0.15) is 0 Å². The molecule has 0 unspecified atom stereocenters. The first kappa shape index (κ1) is 11.0. The van der Waals surface area contributed by atoms with Gasteiger partial charge in [-0.1, -0.05) is 27.2 Å². The topological polar surface area (TPSA) is 26.7 Å². The summed E-state index contributed by atoms with van der Waals surface area (Å²) in [6.45, 7) is 11.1. The monoisotopic (exact) mass is 224 g/mol. The van der Waals surface area contributed by atoms with Crippen molar-refractivity contribution in [2.45, 2.75) is 45.9 Å². The Labute approximate surface area is 98.4 Å². The first-order chi connectivity index (χ1) is 7.48. The van der Waals surface area contributed by atoms with E-state index >= 15 is 0 Å². The van der Waals surface area contributed by atoms with E-state index in [1.165, 1.54) is 12.8 Å². The molecule has 0 aromatic carbocycles. The highest BCUT2D eigenvalue weighted by atomic mass is 16.3. The highest BCUT2D eigenvalue weighted by Crippen LogP contribution is 2.51. The van der Waals surface area contributed by atoms with Crippen LogP contribution in [0.25, 0.3) is 0 Å². The van der Waals surface area contributed by atoms with E-state index < -0.39 is 0 Å². The molecule has 16 heavy (non-hydrogen) atoms. The van der Waals surface area contributed by atoms with E-state index in [0.29, 0.717) is 6.17 Å². The molecule has 92 valence electrons. The van der Waals surface area contributed by atoms with Crippen molar-refractivity contribution in [2.24, 2.45) is 10.8 Å². The summed E-state index contributed by atoms with van der Waals surface area (Å²) in [4.78, 5) is 5.23. The lowest BCUT2D eigenvalue weighted by atomic mass is 9.60. The second-order valence-electron chi connectivity index (χ2n) is 6.79. The number of aliphatic hydroxyl groups is 1. The van der Waals surface area contributed by atoms with Gasteiger partial charge in [-0.15, -0.1) is 0 Å². The molecular formula is C13H24N2O. The second-order valence-corrected chi connectivity index (χ2v) is 6.79. The first-order valence-electron chi connectivity index (χ1n) is 6.65. The molecule has 0 aromatic heterocycles. The summed E-state index contributed by atoms with van der Waals surface area (Å²) >= 11 is 0. The van der Waals surface area contributed by atoms with Crippen molar-refractivity contribution < 1.29 is 5.11 Å². The third-order valence-electron chi connectivity index (χ3n) is 4.97. The quantitative estimate of drug-likeness (QED) is 0.762. The van der Waals surface area contributed by atoms with Crippen LogP contribution in [0.3, 0.4) is 0 Å². The van der Waals surface area contributed by atoms with Crippen LogP contribution in [0.5, 0.6) is 0 Å². The predicted octanol–water partition coefficient (Wildman–Crippen LogP) is 1.13. The molecule has 4 heterocycles. The number of piperidine rings is 2. The summed E-state index contributed by atoms with van der Waals surface area (Å²) in [5.74, 6) is 0. The lowest BCUT2D eigenvalue weighted by Gasteiger charge is -2.68. The summed E-state index contributed by atoms with van der Waals surface area (Å²) in [6, 6.07) is 0. The minimum atomic E-state index is -0.116. The van der Waals surface area contributed by atoms with Crippen LogP contribution in [0.2, 0.25) is 0 Å². The van der Waals surface area contributed by atoms with Crippen LogP contribution in [0, 0.1) is 10.8 Å². The summed E-state index contributed by atoms with van der Waals surface area (Å²) in [5.41, 5.74) is 0.213. The molecule has 4 saturated heterocycles. The van der Waals surface area contributed by atoms with Gasteiger partial charge in [-0.05, 0) is 6.42 Å². The zero-order valence-electron chi connectivity index (χ0n) is 10.7. The van der Waals surface area contributed by atoms with Gasteiger partial charge < -0.3 is 5.11 Å². The van der Waals surface area contributed by atoms with Gasteiger partial charge in [0.15, 0.2) is 0 Å². The standard InChI is InChI=1S/C13H24N2O/c1-4-5-10-14-6-12(2)7-15(10)9-13(3,8-14)11(12)16/h10-11,16H,4-9H2,1-3H3. The van der Waals surface area contributed by atoms with Gasteiger partial charge >= 0.3 is 0 Å². The van der Waals surface area contributed by atoms with Gasteiger partial charge in [0.1, 0.15) is 0 Å². The largest absolute Gasteiger partial charge is 0.392 e. The zero-order chi connectivity index (χ0) is 11.6. The van der Waals surface area contributed by atoms with Crippen molar-refractivity contribution in [1.82, 2.24) is 9.80 Å². The molecule has 0 aliphatic carbocycles. The average molecular weight is 224 g/mol. The van der Waals surface area contributed by atoms with Crippen molar-refractivity contribution >= 4 is 0 Å². The summed E-state index contributed by atoms with van der Waals surface area (Å²) in [7, 11) is 0. The fourth-order valence-electron chi connectivity index (χ4n) is 4.53. The maximum atomic E-state index is 10.5. The van der Waals surface area contributed by atoms with Crippen molar-refractivity contribution in [3.63, 3.8) is 0 Å². The SMILES string of the molecule is CCCC1N2CC3(C)CN1CC(C)(C2)C3O. The van der Waals surface area contributed by atoms with Gasteiger partial charge in [0.2, 0.25) is 0 Å². The van der Waals surface area contributed by atoms with Crippen LogP contribution >= 0.6 is 0 Å². The molecule has 0 radical (unpaired) electrons. The fourth-order valence-corrected chi connectivity index (χ4v) is 4.53. The number of rotatable bonds is 2. The maximum Gasteiger partial charge on any atom is 0.0696 e. The Hall–Kier alpha value is -0.120. The molecule has 0 spiro atoms. The van der Waals surface area contributed by atoms with Crippen LogP contribution in [0.4, 0.5) is 0 Å². The third kappa shape index (κ3) is 1.25. The number of hydrogen-bond acceptors (Lipinski definition) is 3. The minimum absolute atomic E-state index is 0.107. The lowest BCUT2D eigenvalue weighted by Crippen LogP contribution is -2.79. The van der Waals surface area contributed by atoms with Gasteiger partial charge in [0.05, 0.1) is 12.3 Å². The molecular weight excluding hydrogens is 200 g/mol. The van der Waals surface area contributed by atoms with Crippen molar-refractivity contribution in [3.05, 3.63) is 0 Å². The van der Waals surface area contributed by atoms with E-state index in [0.717, 1.165) is 26.2 Å². The Morgan fingerprint density at radius 1 is 1.06 bits per heavy atom. The van der Waals surface area contributed by atoms with Crippen molar-refractivity contribution in [3.8, 4) is 0 Å². The van der Waals surface area contributed by atoms with Crippen molar-refractivity contribution in [2.75, 3.05) is 26.2 Å². The molecule has 4 aliphatic rings. The minimum Gasteiger partial charge on any atom is -0.392 e. The Kier molecular flexibility index (Phi) is 2.21. The Morgan fingerprint density at radius 3 is 1.88 bits per heavy atom. The molecule has 0 atom stereocenters. The van der Waals surface area contributed by atoms with Gasteiger partial charge in [-0.25, -0.2) is 0 Å². The molecule has 4 rings (SSSR count). The molecule has 3 nitrogen and oxygen atoms in total. The van der Waals surface area contributed by atoms with Crippen LogP contribution in [0.1, 0.15) is 33.6 Å². The Morgan fingerprint density at radius 2 is 1.50 bits per heavy atom. The van der Waals surface area contributed by atoms with Crippen molar-refractivity contribution in [1.29, 1.82) is 0 Å². The molecule has 1 N–H and O–H groups in total. The third-order valence-corrected chi connectivity index (χ3v) is 4.97. The van der Waals surface area contributed by atoms with Gasteiger partial charge in [0.25, 0.3) is 0 Å². The highest BCUT2D eigenvalue weighted by Gasteiger charge is 2.61. The fraction of sp³-hybridized carbons (Fsp3) is 1.00. The van der Waals surface area contributed by atoms with E-state index in [1.54, 1.807) is 0 Å². The Bertz CT molecular complexity index is 266. The number of nitrogens with zero attached hydrogens (tertiary/aromatic N) is 2. The lowest BCUT2D eigenvalue weighted by molar-refractivity contribution is -0.252. The predicted molar refractivity (Wildman–Crippen MR) is 64.1 cm³/mol. The molecule has 0 saturated carbocycles. The van der Waals surface area contributed by atoms with Gasteiger partial charge in [-0.3, -0.25) is 9.80 Å². The summed E-state index contributed by atoms with van der Waals surface area (Å²) < 4.78 is 0. The van der Waals surface area contributed by atoms with E-state index in [-0.39, 0.29) is 16.9 Å². The second kappa shape index (κ2) is 3.21. The molecule has 4 bridgehead atoms. The average Bonchev–Trinajstić information content (AvgIpc) is 2.18. The van der Waals surface area contributed by atoms with E-state index in [2.05, 4.69) is 30.6 Å². The number of hydrogen-bond donors (Lipinski definition) is 1. The van der Waals surface area contributed by atoms with Crippen LogP contribution in [0.15, 0.2) is 0 Å². The summed E-state index contributed by atoms with van der Waals surface area (Å²) in [5, 5.41) is 10.5. The molecule has 3 heteroatoms. The smallest absolute Gasteiger partial charge is 0.0696 e. The van der Waals surface area contributed by atoms with E-state index in [4.69, 9.17) is 0 Å². The Balaban J connectivity index is 1.91. The number of aliphatic hydroxyl groups excluding tert-OH is 1. The van der Waals surface area contributed by atoms with Crippen LogP contribution < -0.4 is 0 Å². The maximum absolute atomic E-state index is 10.5. The highest BCUT2D eigenvalue weighted by molar-refractivity contribution is 5.12. The zero-order valence-corrected chi connectivity index (χ0v) is 10.7. The molecule has 0 aromatic rings. The molecule has 4 fully saturated rings.